The molecule has 0 aliphatic heterocycles. The first-order chi connectivity index (χ1) is 8.67. The minimum Gasteiger partial charge on any atom is -0.311 e. The fourth-order valence-electron chi connectivity index (χ4n) is 2.28. The lowest BCUT2D eigenvalue weighted by Gasteiger charge is -2.40. The molecular formula is C14H17FN2S. The van der Waals surface area contributed by atoms with E-state index in [4.69, 9.17) is 5.26 Å². The van der Waals surface area contributed by atoms with Gasteiger partial charge in [0.1, 0.15) is 5.82 Å². The molecule has 2 nitrogen and oxygen atoms in total. The molecule has 0 unspecified atom stereocenters. The molecule has 2 rings (SSSR count). The van der Waals surface area contributed by atoms with Crippen molar-refractivity contribution in [1.82, 2.24) is 5.32 Å². The molecule has 0 radical (unpaired) electrons. The molecule has 0 bridgehead atoms. The number of benzene rings is 1. The molecule has 1 aromatic carbocycles. The van der Waals surface area contributed by atoms with E-state index in [1.807, 2.05) is 17.8 Å². The molecule has 1 N–H and O–H groups in total. The zero-order valence-corrected chi connectivity index (χ0v) is 11.3. The van der Waals surface area contributed by atoms with Gasteiger partial charge in [-0.15, -0.1) is 0 Å². The number of hydrogen-bond acceptors (Lipinski definition) is 3. The quantitative estimate of drug-likeness (QED) is 0.887. The first kappa shape index (κ1) is 13.4. The Morgan fingerprint density at radius 3 is 2.78 bits per heavy atom. The second-order valence-corrected chi connectivity index (χ2v) is 6.08. The smallest absolute Gasteiger partial charge is 0.124 e. The van der Waals surface area contributed by atoms with Crippen molar-refractivity contribution in [3.63, 3.8) is 0 Å². The van der Waals surface area contributed by atoms with E-state index in [2.05, 4.69) is 11.6 Å². The molecule has 0 saturated heterocycles. The van der Waals surface area contributed by atoms with Crippen molar-refractivity contribution in [2.75, 3.05) is 12.8 Å². The van der Waals surface area contributed by atoms with Gasteiger partial charge in [0.2, 0.25) is 0 Å². The fraction of sp³-hybridized carbons (Fsp3) is 0.500. The number of nitriles is 1. The summed E-state index contributed by atoms with van der Waals surface area (Å²) in [6.45, 7) is 1.57. The Hall–Kier alpha value is -1.05. The Morgan fingerprint density at radius 2 is 2.22 bits per heavy atom. The normalized spacial score (nSPS) is 16.9. The van der Waals surface area contributed by atoms with E-state index >= 15 is 0 Å². The van der Waals surface area contributed by atoms with Crippen LogP contribution in [0.2, 0.25) is 0 Å². The molecule has 0 amide bonds. The molecule has 1 fully saturated rings. The lowest BCUT2D eigenvalue weighted by molar-refractivity contribution is 0.345. The first-order valence-electron chi connectivity index (χ1n) is 6.13. The number of nitrogens with zero attached hydrogens (tertiary/aromatic N) is 1. The van der Waals surface area contributed by atoms with Crippen LogP contribution in [0.3, 0.4) is 0 Å². The molecule has 18 heavy (non-hydrogen) atoms. The van der Waals surface area contributed by atoms with Gasteiger partial charge in [-0.3, -0.25) is 0 Å². The number of hydrogen-bond donors (Lipinski definition) is 1. The van der Waals surface area contributed by atoms with Crippen molar-refractivity contribution in [2.45, 2.75) is 30.6 Å². The number of rotatable bonds is 5. The maximum Gasteiger partial charge on any atom is 0.124 e. The van der Waals surface area contributed by atoms with Gasteiger partial charge in [-0.05, 0) is 42.9 Å². The Morgan fingerprint density at radius 1 is 1.44 bits per heavy atom. The van der Waals surface area contributed by atoms with Crippen molar-refractivity contribution >= 4 is 11.8 Å². The second kappa shape index (κ2) is 5.73. The summed E-state index contributed by atoms with van der Waals surface area (Å²) in [5.74, 6) is -0.339. The van der Waals surface area contributed by atoms with E-state index < -0.39 is 0 Å². The summed E-state index contributed by atoms with van der Waals surface area (Å²) >= 11 is 1.92. The third kappa shape index (κ3) is 3.04. The fourth-order valence-corrected chi connectivity index (χ4v) is 3.22. The van der Waals surface area contributed by atoms with Crippen LogP contribution < -0.4 is 5.32 Å². The van der Waals surface area contributed by atoms with Crippen molar-refractivity contribution < 1.29 is 4.39 Å². The van der Waals surface area contributed by atoms with Crippen molar-refractivity contribution in [1.29, 1.82) is 5.26 Å². The third-order valence-corrected chi connectivity index (χ3v) is 4.98. The summed E-state index contributed by atoms with van der Waals surface area (Å²) in [5.41, 5.74) is 1.22. The van der Waals surface area contributed by atoms with E-state index in [0.717, 1.165) is 12.1 Å². The van der Waals surface area contributed by atoms with Crippen LogP contribution in [0.1, 0.15) is 30.4 Å². The van der Waals surface area contributed by atoms with Crippen LogP contribution in [0.15, 0.2) is 18.2 Å². The van der Waals surface area contributed by atoms with Crippen LogP contribution in [-0.4, -0.2) is 17.5 Å². The van der Waals surface area contributed by atoms with Crippen molar-refractivity contribution in [3.05, 3.63) is 35.1 Å². The lowest BCUT2D eigenvalue weighted by atomic mass is 9.84. The highest BCUT2D eigenvalue weighted by molar-refractivity contribution is 8.00. The van der Waals surface area contributed by atoms with E-state index in [-0.39, 0.29) is 5.82 Å². The molecule has 1 aliphatic rings. The van der Waals surface area contributed by atoms with Crippen LogP contribution in [0.5, 0.6) is 0 Å². The van der Waals surface area contributed by atoms with Gasteiger partial charge >= 0.3 is 0 Å². The standard InChI is InChI=1S/C14H17FN2S/c1-18-14(3-2-4-14)10-17-9-12-5-11(8-16)6-13(15)7-12/h5-7,17H,2-4,9-10H2,1H3. The zero-order valence-electron chi connectivity index (χ0n) is 10.5. The molecule has 0 aromatic heterocycles. The predicted molar refractivity (Wildman–Crippen MR) is 72.9 cm³/mol. The molecule has 1 aromatic rings. The maximum absolute atomic E-state index is 13.2. The predicted octanol–water partition coefficient (Wildman–Crippen LogP) is 3.07. The maximum atomic E-state index is 13.2. The summed E-state index contributed by atoms with van der Waals surface area (Å²) in [6.07, 6.45) is 5.97. The third-order valence-electron chi connectivity index (χ3n) is 3.56. The SMILES string of the molecule is CSC1(CNCc2cc(F)cc(C#N)c2)CCC1. The molecule has 1 saturated carbocycles. The first-order valence-corrected chi connectivity index (χ1v) is 7.35. The molecule has 4 heteroatoms. The van der Waals surface area contributed by atoms with Gasteiger partial charge in [-0.25, -0.2) is 4.39 Å². The molecule has 96 valence electrons. The highest BCUT2D eigenvalue weighted by Gasteiger charge is 2.35. The molecule has 1 aliphatic carbocycles. The van der Waals surface area contributed by atoms with Gasteiger partial charge in [0.25, 0.3) is 0 Å². The van der Waals surface area contributed by atoms with Gasteiger partial charge in [-0.1, -0.05) is 6.42 Å². The summed E-state index contributed by atoms with van der Waals surface area (Å²) in [5, 5.41) is 12.2. The average molecular weight is 264 g/mol. The number of nitrogens with one attached hydrogen (secondary N) is 1. The number of thioether (sulfide) groups is 1. The topological polar surface area (TPSA) is 35.8 Å². The minimum atomic E-state index is -0.339. The van der Waals surface area contributed by atoms with Gasteiger partial charge in [-0.2, -0.15) is 17.0 Å². The average Bonchev–Trinajstić information content (AvgIpc) is 2.32. The largest absolute Gasteiger partial charge is 0.311 e. The summed E-state index contributed by atoms with van der Waals surface area (Å²) in [4.78, 5) is 0. The van der Waals surface area contributed by atoms with Crippen molar-refractivity contribution in [3.8, 4) is 6.07 Å². The number of halogens is 1. The van der Waals surface area contributed by atoms with Crippen LogP contribution in [0.25, 0.3) is 0 Å². The molecular weight excluding hydrogens is 247 g/mol. The van der Waals surface area contributed by atoms with Crippen LogP contribution in [-0.2, 0) is 6.54 Å². The molecule has 0 atom stereocenters. The van der Waals surface area contributed by atoms with Gasteiger partial charge in [0, 0.05) is 17.8 Å². The monoisotopic (exact) mass is 264 g/mol. The lowest BCUT2D eigenvalue weighted by Crippen LogP contribution is -2.43. The Balaban J connectivity index is 1.90. The van der Waals surface area contributed by atoms with E-state index in [9.17, 15) is 4.39 Å². The Labute approximate surface area is 112 Å². The van der Waals surface area contributed by atoms with Gasteiger partial charge < -0.3 is 5.32 Å². The van der Waals surface area contributed by atoms with Crippen LogP contribution in [0, 0.1) is 17.1 Å². The zero-order chi connectivity index (χ0) is 13.0. The minimum absolute atomic E-state index is 0.339. The summed E-state index contributed by atoms with van der Waals surface area (Å²) in [7, 11) is 0. The van der Waals surface area contributed by atoms with Crippen molar-refractivity contribution in [2.24, 2.45) is 0 Å². The molecule has 0 heterocycles. The summed E-state index contributed by atoms with van der Waals surface area (Å²) in [6, 6.07) is 6.46. The van der Waals surface area contributed by atoms with E-state index in [1.54, 1.807) is 6.07 Å². The van der Waals surface area contributed by atoms with E-state index in [1.165, 1.54) is 31.4 Å². The Kier molecular flexibility index (Phi) is 4.26. The summed E-state index contributed by atoms with van der Waals surface area (Å²) < 4.78 is 13.6. The molecule has 0 spiro atoms. The highest BCUT2D eigenvalue weighted by Crippen LogP contribution is 2.42. The Bertz CT molecular complexity index is 458. The van der Waals surface area contributed by atoms with E-state index in [0.29, 0.717) is 16.9 Å². The second-order valence-electron chi connectivity index (χ2n) is 4.80. The van der Waals surface area contributed by atoms with Crippen LogP contribution >= 0.6 is 11.8 Å². The van der Waals surface area contributed by atoms with Crippen LogP contribution in [0.4, 0.5) is 4.39 Å². The van der Waals surface area contributed by atoms with Gasteiger partial charge in [0.15, 0.2) is 0 Å². The highest BCUT2D eigenvalue weighted by atomic mass is 32.2. The van der Waals surface area contributed by atoms with Gasteiger partial charge in [0.05, 0.1) is 11.6 Å².